The molecule has 3 aromatic rings. The number of hydrogen-bond acceptors (Lipinski definition) is 3. The highest BCUT2D eigenvalue weighted by atomic mass is 31.2. The maximum absolute atomic E-state index is 13.3. The van der Waals surface area contributed by atoms with E-state index >= 15 is 0 Å². The number of allylic oxidation sites excluding steroid dienone is 2. The van der Waals surface area contributed by atoms with E-state index in [1.54, 1.807) is 6.92 Å². The molecule has 3 nitrogen and oxygen atoms in total. The minimum absolute atomic E-state index is 0.0775. The molecular formula is C30H32O3P+. The summed E-state index contributed by atoms with van der Waals surface area (Å²) >= 11 is 0. The first kappa shape index (κ1) is 24.1. The van der Waals surface area contributed by atoms with E-state index in [1.165, 1.54) is 0 Å². The van der Waals surface area contributed by atoms with Crippen molar-refractivity contribution in [3.8, 4) is 0 Å². The van der Waals surface area contributed by atoms with Crippen molar-refractivity contribution in [2.75, 3.05) is 6.16 Å². The Kier molecular flexibility index (Phi) is 6.86. The average Bonchev–Trinajstić information content (AvgIpc) is 2.82. The van der Waals surface area contributed by atoms with Gasteiger partial charge in [-0.3, -0.25) is 9.59 Å². The van der Waals surface area contributed by atoms with Crippen molar-refractivity contribution in [1.82, 2.24) is 0 Å². The number of ketones is 2. The summed E-state index contributed by atoms with van der Waals surface area (Å²) in [5.74, 6) is -0.783. The molecule has 0 aliphatic heterocycles. The Morgan fingerprint density at radius 2 is 1.24 bits per heavy atom. The summed E-state index contributed by atoms with van der Waals surface area (Å²) in [5, 5.41) is 14.5. The maximum Gasteiger partial charge on any atom is 0.163 e. The lowest BCUT2D eigenvalue weighted by atomic mass is 9.73. The van der Waals surface area contributed by atoms with E-state index < -0.39 is 13.2 Å². The van der Waals surface area contributed by atoms with Crippen molar-refractivity contribution in [3.63, 3.8) is 0 Å². The predicted molar refractivity (Wildman–Crippen MR) is 142 cm³/mol. The van der Waals surface area contributed by atoms with Gasteiger partial charge in [-0.15, -0.1) is 0 Å². The molecule has 3 aromatic carbocycles. The monoisotopic (exact) mass is 471 g/mol. The quantitative estimate of drug-likeness (QED) is 0.471. The van der Waals surface area contributed by atoms with Gasteiger partial charge >= 0.3 is 0 Å². The Morgan fingerprint density at radius 3 is 1.59 bits per heavy atom. The van der Waals surface area contributed by atoms with Crippen LogP contribution in [0.4, 0.5) is 0 Å². The number of aliphatic hydroxyl groups excluding tert-OH is 1. The number of rotatable bonds is 7. The summed E-state index contributed by atoms with van der Waals surface area (Å²) < 4.78 is 0. The summed E-state index contributed by atoms with van der Waals surface area (Å²) in [5.41, 5.74) is 0.00951. The fourth-order valence-corrected chi connectivity index (χ4v) is 9.76. The van der Waals surface area contributed by atoms with Gasteiger partial charge in [0.15, 0.2) is 5.78 Å². The van der Waals surface area contributed by atoms with Crippen LogP contribution in [-0.2, 0) is 9.59 Å². The average molecular weight is 472 g/mol. The number of benzene rings is 3. The van der Waals surface area contributed by atoms with Gasteiger partial charge in [-0.1, -0.05) is 68.4 Å². The Bertz CT molecular complexity index is 1100. The molecule has 0 amide bonds. The summed E-state index contributed by atoms with van der Waals surface area (Å²) in [6, 6.07) is 31.0. The van der Waals surface area contributed by atoms with Crippen molar-refractivity contribution in [2.45, 2.75) is 33.6 Å². The van der Waals surface area contributed by atoms with Crippen LogP contribution in [0.1, 0.15) is 33.6 Å². The fourth-order valence-electron chi connectivity index (χ4n) is 5.21. The molecular weight excluding hydrogens is 439 g/mol. The zero-order valence-electron chi connectivity index (χ0n) is 20.1. The number of carbonyl (C=O) groups is 2. The van der Waals surface area contributed by atoms with Crippen molar-refractivity contribution in [2.24, 2.45) is 11.3 Å². The molecule has 34 heavy (non-hydrogen) atoms. The lowest BCUT2D eigenvalue weighted by Gasteiger charge is -2.34. The molecule has 0 fully saturated rings. The molecule has 0 radical (unpaired) electrons. The fraction of sp³-hybridized carbons (Fsp3) is 0.267. The van der Waals surface area contributed by atoms with Crippen LogP contribution in [0.5, 0.6) is 0 Å². The van der Waals surface area contributed by atoms with E-state index in [1.807, 2.05) is 68.4 Å². The van der Waals surface area contributed by atoms with Crippen molar-refractivity contribution < 1.29 is 14.7 Å². The number of Topliss-reactive ketones (excluding diaryl/α,β-unsaturated/α-hetero) is 2. The highest BCUT2D eigenvalue weighted by molar-refractivity contribution is 7.95. The highest BCUT2D eigenvalue weighted by Crippen LogP contribution is 2.58. The topological polar surface area (TPSA) is 54.4 Å². The third-order valence-electron chi connectivity index (χ3n) is 6.78. The van der Waals surface area contributed by atoms with Crippen LogP contribution < -0.4 is 15.9 Å². The van der Waals surface area contributed by atoms with Gasteiger partial charge in [-0.2, -0.15) is 0 Å². The van der Waals surface area contributed by atoms with Crippen LogP contribution in [0.2, 0.25) is 0 Å². The first-order valence-electron chi connectivity index (χ1n) is 11.8. The molecule has 0 bridgehead atoms. The van der Waals surface area contributed by atoms with Gasteiger partial charge in [0.1, 0.15) is 34.7 Å². The molecule has 0 heterocycles. The van der Waals surface area contributed by atoms with Crippen LogP contribution in [0, 0.1) is 11.3 Å². The molecule has 4 rings (SSSR count). The SMILES string of the molecule is CC(=O)C(C[P+](c1ccccc1)(c1ccccc1)c1ccccc1)C1=C(O)CC(C)(C)CC1=O. The van der Waals surface area contributed by atoms with E-state index in [2.05, 4.69) is 36.4 Å². The van der Waals surface area contributed by atoms with Gasteiger partial charge in [0.25, 0.3) is 0 Å². The normalized spacial score (nSPS) is 16.9. The predicted octanol–water partition coefficient (Wildman–Crippen LogP) is 5.39. The molecule has 1 atom stereocenters. The molecule has 0 saturated heterocycles. The molecule has 174 valence electrons. The Labute approximate surface area is 202 Å². The van der Waals surface area contributed by atoms with E-state index in [0.29, 0.717) is 24.6 Å². The lowest BCUT2D eigenvalue weighted by Crippen LogP contribution is -2.40. The third-order valence-corrected chi connectivity index (χ3v) is 11.2. The summed E-state index contributed by atoms with van der Waals surface area (Å²) in [4.78, 5) is 26.5. The molecule has 0 spiro atoms. The third kappa shape index (κ3) is 4.63. The van der Waals surface area contributed by atoms with Gasteiger partial charge in [0.05, 0.1) is 12.1 Å². The van der Waals surface area contributed by atoms with E-state index in [0.717, 1.165) is 15.9 Å². The molecule has 1 unspecified atom stereocenters. The van der Waals surface area contributed by atoms with Crippen LogP contribution in [0.15, 0.2) is 102 Å². The molecule has 4 heteroatoms. The molecule has 0 saturated carbocycles. The second-order valence-electron chi connectivity index (χ2n) is 9.96. The van der Waals surface area contributed by atoms with Crippen molar-refractivity contribution in [3.05, 3.63) is 102 Å². The lowest BCUT2D eigenvalue weighted by molar-refractivity contribution is -0.124. The van der Waals surface area contributed by atoms with Gasteiger partial charge in [0.2, 0.25) is 0 Å². The number of carbonyl (C=O) groups excluding carboxylic acids is 2. The minimum Gasteiger partial charge on any atom is -0.512 e. The Morgan fingerprint density at radius 1 is 0.824 bits per heavy atom. The van der Waals surface area contributed by atoms with E-state index in [9.17, 15) is 14.7 Å². The second-order valence-corrected chi connectivity index (χ2v) is 13.5. The van der Waals surface area contributed by atoms with Gasteiger partial charge in [-0.05, 0) is 48.7 Å². The first-order valence-corrected chi connectivity index (χ1v) is 13.7. The summed E-state index contributed by atoms with van der Waals surface area (Å²) in [7, 11) is -2.33. The van der Waals surface area contributed by atoms with Crippen LogP contribution >= 0.6 is 7.26 Å². The second kappa shape index (κ2) is 9.68. The molecule has 1 N–H and O–H groups in total. The largest absolute Gasteiger partial charge is 0.512 e. The van der Waals surface area contributed by atoms with Gasteiger partial charge in [-0.25, -0.2) is 0 Å². The van der Waals surface area contributed by atoms with Gasteiger partial charge < -0.3 is 5.11 Å². The zero-order chi connectivity index (χ0) is 24.3. The number of aliphatic hydroxyl groups is 1. The smallest absolute Gasteiger partial charge is 0.163 e. The van der Waals surface area contributed by atoms with Crippen LogP contribution in [0.25, 0.3) is 0 Å². The Balaban J connectivity index is 1.97. The van der Waals surface area contributed by atoms with E-state index in [4.69, 9.17) is 0 Å². The molecule has 1 aliphatic rings. The summed E-state index contributed by atoms with van der Waals surface area (Å²) in [6.07, 6.45) is 1.21. The van der Waals surface area contributed by atoms with Crippen molar-refractivity contribution in [1.29, 1.82) is 0 Å². The van der Waals surface area contributed by atoms with Gasteiger partial charge in [0, 0.05) is 18.4 Å². The first-order chi connectivity index (χ1) is 16.2. The summed E-state index contributed by atoms with van der Waals surface area (Å²) in [6.45, 7) is 5.51. The number of hydrogen-bond donors (Lipinski definition) is 1. The zero-order valence-corrected chi connectivity index (χ0v) is 21.0. The minimum atomic E-state index is -2.33. The molecule has 1 aliphatic carbocycles. The maximum atomic E-state index is 13.3. The standard InChI is InChI=1S/C30H31O3P/c1-22(31)26(29-27(32)19-30(2,3)20-28(29)33)21-34(23-13-7-4-8-14-23,24-15-9-5-10-16-24)25-17-11-6-12-18-25/h4-18,26H,19-21H2,1-3H3/p+1. The Hall–Kier alpha value is -3.03. The van der Waals surface area contributed by atoms with E-state index in [-0.39, 0.29) is 22.7 Å². The van der Waals surface area contributed by atoms with Crippen LogP contribution in [-0.4, -0.2) is 22.8 Å². The van der Waals surface area contributed by atoms with Crippen LogP contribution in [0.3, 0.4) is 0 Å². The molecule has 0 aromatic heterocycles. The highest BCUT2D eigenvalue weighted by Gasteiger charge is 2.50. The van der Waals surface area contributed by atoms with Crippen molar-refractivity contribution >= 4 is 34.7 Å².